The fraction of sp³-hybridized carbons (Fsp3) is 0.385. The van der Waals surface area contributed by atoms with Gasteiger partial charge in [-0.15, -0.1) is 0 Å². The summed E-state index contributed by atoms with van der Waals surface area (Å²) in [5, 5.41) is 4.48. The summed E-state index contributed by atoms with van der Waals surface area (Å²) in [6, 6.07) is 13.7. The average Bonchev–Trinajstić information content (AvgIpc) is 3.69. The maximum atomic E-state index is 13.7. The molecular weight excluding hydrogens is 427 g/mol. The van der Waals surface area contributed by atoms with Gasteiger partial charge in [0.1, 0.15) is 11.6 Å². The van der Waals surface area contributed by atoms with Gasteiger partial charge >= 0.3 is 0 Å². The fourth-order valence-corrected chi connectivity index (χ4v) is 5.89. The molecule has 0 aliphatic heterocycles. The van der Waals surface area contributed by atoms with Crippen molar-refractivity contribution in [3.63, 3.8) is 0 Å². The van der Waals surface area contributed by atoms with Crippen LogP contribution in [0, 0.1) is 35.4 Å². The van der Waals surface area contributed by atoms with Gasteiger partial charge in [-0.1, -0.05) is 11.6 Å². The summed E-state index contributed by atoms with van der Waals surface area (Å²) in [4.78, 5) is 17.4. The van der Waals surface area contributed by atoms with Crippen LogP contribution < -0.4 is 10.1 Å². The normalized spacial score (nSPS) is 27.1. The Morgan fingerprint density at radius 1 is 1.09 bits per heavy atom. The Labute approximate surface area is 191 Å². The number of anilines is 1. The molecule has 0 spiro atoms. The van der Waals surface area contributed by atoms with E-state index < -0.39 is 0 Å². The van der Waals surface area contributed by atoms with Crippen molar-refractivity contribution >= 4 is 34.1 Å². The quantitative estimate of drug-likeness (QED) is 0.494. The van der Waals surface area contributed by atoms with Crippen LogP contribution in [0.5, 0.6) is 5.75 Å². The zero-order valence-corrected chi connectivity index (χ0v) is 18.3. The molecule has 1 N–H and O–H groups in total. The monoisotopic (exact) mass is 450 g/mol. The second-order valence-corrected chi connectivity index (χ2v) is 9.88. The molecule has 32 heavy (non-hydrogen) atoms. The van der Waals surface area contributed by atoms with Crippen molar-refractivity contribution in [2.75, 3.05) is 5.32 Å². The highest BCUT2D eigenvalue weighted by Gasteiger charge is 2.63. The zero-order valence-electron chi connectivity index (χ0n) is 17.5. The van der Waals surface area contributed by atoms with E-state index in [9.17, 15) is 9.18 Å². The summed E-state index contributed by atoms with van der Waals surface area (Å²) in [7, 11) is 0. The highest BCUT2D eigenvalue weighted by molar-refractivity contribution is 6.30. The Morgan fingerprint density at radius 2 is 1.84 bits per heavy atom. The number of carbonyl (C=O) groups excluding carboxylic acids is 1. The van der Waals surface area contributed by atoms with Gasteiger partial charge in [0.05, 0.1) is 11.6 Å². The molecule has 3 aromatic rings. The Kier molecular flexibility index (Phi) is 4.83. The third kappa shape index (κ3) is 3.73. The van der Waals surface area contributed by atoms with E-state index in [2.05, 4.69) is 10.3 Å². The molecule has 6 heteroatoms. The zero-order chi connectivity index (χ0) is 21.8. The van der Waals surface area contributed by atoms with Crippen molar-refractivity contribution in [3.05, 3.63) is 65.6 Å². The Hall–Kier alpha value is -2.66. The lowest BCUT2D eigenvalue weighted by molar-refractivity contribution is -0.121. The van der Waals surface area contributed by atoms with E-state index >= 15 is 0 Å². The molecule has 5 atom stereocenters. The number of hydrogen-bond donors (Lipinski definition) is 1. The van der Waals surface area contributed by atoms with Crippen molar-refractivity contribution < 1.29 is 13.9 Å². The smallest absolute Gasteiger partial charge is 0.228 e. The Balaban J connectivity index is 1.12. The van der Waals surface area contributed by atoms with Crippen LogP contribution in [0.2, 0.25) is 5.02 Å². The van der Waals surface area contributed by atoms with Crippen molar-refractivity contribution in [1.82, 2.24) is 4.98 Å². The van der Waals surface area contributed by atoms with E-state index in [0.29, 0.717) is 39.8 Å². The van der Waals surface area contributed by atoms with Crippen LogP contribution in [0.3, 0.4) is 0 Å². The molecule has 1 amide bonds. The molecule has 3 fully saturated rings. The topological polar surface area (TPSA) is 51.2 Å². The number of pyridine rings is 1. The third-order valence-electron chi connectivity index (χ3n) is 7.38. The average molecular weight is 451 g/mol. The minimum absolute atomic E-state index is 0.0810. The fourth-order valence-electron chi connectivity index (χ4n) is 5.76. The summed E-state index contributed by atoms with van der Waals surface area (Å²) >= 11 is 5.96. The molecule has 1 heterocycles. The van der Waals surface area contributed by atoms with Crippen LogP contribution in [0.1, 0.15) is 25.7 Å². The maximum absolute atomic E-state index is 13.7. The largest absolute Gasteiger partial charge is 0.490 e. The third-order valence-corrected chi connectivity index (χ3v) is 7.64. The highest BCUT2D eigenvalue weighted by atomic mass is 35.5. The van der Waals surface area contributed by atoms with Crippen LogP contribution in [0.4, 0.5) is 10.1 Å². The van der Waals surface area contributed by atoms with Crippen LogP contribution in [0.15, 0.2) is 54.7 Å². The van der Waals surface area contributed by atoms with E-state index in [0.717, 1.165) is 36.9 Å². The molecule has 6 rings (SSSR count). The van der Waals surface area contributed by atoms with Crippen molar-refractivity contribution in [1.29, 1.82) is 0 Å². The summed E-state index contributed by atoms with van der Waals surface area (Å²) < 4.78 is 20.0. The summed E-state index contributed by atoms with van der Waals surface area (Å²) in [5.41, 5.74) is 1.53. The van der Waals surface area contributed by atoms with Gasteiger partial charge in [0, 0.05) is 28.2 Å². The lowest BCUT2D eigenvalue weighted by atomic mass is 9.90. The molecule has 4 nitrogen and oxygen atoms in total. The number of amides is 1. The number of halogens is 2. The summed E-state index contributed by atoms with van der Waals surface area (Å²) in [6.07, 6.45) is 6.00. The first-order valence-corrected chi connectivity index (χ1v) is 11.7. The van der Waals surface area contributed by atoms with Crippen LogP contribution in [-0.2, 0) is 4.79 Å². The van der Waals surface area contributed by atoms with E-state index in [1.807, 2.05) is 18.2 Å². The molecule has 0 radical (unpaired) electrons. The first-order valence-electron chi connectivity index (χ1n) is 11.3. The number of fused-ring (bicyclic) bond motifs is 2. The molecule has 3 aliphatic carbocycles. The lowest BCUT2D eigenvalue weighted by Gasteiger charge is -2.22. The first kappa shape index (κ1) is 20.0. The Morgan fingerprint density at radius 3 is 2.56 bits per heavy atom. The standard InChI is InChI=1S/C26H24ClFN2O2/c27-15-3-6-17(7-4-15)30-26(31)24(14-1-2-14)25-19-12-18(13-20(19)25)32-23-9-10-29-22-8-5-16(28)11-21(22)23/h3-11,14,18-20,24-25H,1-2,12-13H2,(H,30,31)/t18-,19+,20-,24?,25-. The van der Waals surface area contributed by atoms with Gasteiger partial charge in [-0.3, -0.25) is 9.78 Å². The van der Waals surface area contributed by atoms with Gasteiger partial charge < -0.3 is 10.1 Å². The number of nitrogens with one attached hydrogen (secondary N) is 1. The van der Waals surface area contributed by atoms with E-state index in [-0.39, 0.29) is 23.7 Å². The minimum Gasteiger partial charge on any atom is -0.490 e. The number of aromatic nitrogens is 1. The van der Waals surface area contributed by atoms with Crippen molar-refractivity contribution in [2.45, 2.75) is 31.8 Å². The predicted octanol–water partition coefficient (Wildman–Crippen LogP) is 6.10. The number of rotatable bonds is 6. The molecule has 164 valence electrons. The van der Waals surface area contributed by atoms with Gasteiger partial charge in [0.2, 0.25) is 5.91 Å². The van der Waals surface area contributed by atoms with Gasteiger partial charge in [-0.2, -0.15) is 0 Å². The molecule has 0 bridgehead atoms. The second-order valence-electron chi connectivity index (χ2n) is 9.45. The van der Waals surface area contributed by atoms with Crippen LogP contribution in [0.25, 0.3) is 10.9 Å². The number of benzene rings is 2. The number of nitrogens with zero attached hydrogens (tertiary/aromatic N) is 1. The molecule has 0 saturated heterocycles. The molecular formula is C26H24ClFN2O2. The maximum Gasteiger partial charge on any atom is 0.228 e. The van der Waals surface area contributed by atoms with Gasteiger partial charge in [0.15, 0.2) is 0 Å². The van der Waals surface area contributed by atoms with Crippen LogP contribution in [-0.4, -0.2) is 17.0 Å². The Bertz CT molecular complexity index is 1170. The second kappa shape index (κ2) is 7.73. The van der Waals surface area contributed by atoms with E-state index in [1.54, 1.807) is 24.4 Å². The first-order chi connectivity index (χ1) is 15.6. The SMILES string of the molecule is O=C(Nc1ccc(Cl)cc1)C(C1CC1)[C@H]1[C@@H]2C[C@H](Oc3ccnc4ccc(F)cc34)C[C@@H]21. The number of ether oxygens (including phenoxy) is 1. The number of hydrogen-bond acceptors (Lipinski definition) is 3. The van der Waals surface area contributed by atoms with E-state index in [1.165, 1.54) is 12.1 Å². The highest BCUT2D eigenvalue weighted by Crippen LogP contribution is 2.64. The molecule has 1 unspecified atom stereocenters. The number of carbonyl (C=O) groups is 1. The minimum atomic E-state index is -0.288. The van der Waals surface area contributed by atoms with Gasteiger partial charge in [-0.25, -0.2) is 4.39 Å². The molecule has 3 saturated carbocycles. The molecule has 3 aliphatic rings. The molecule has 2 aromatic carbocycles. The lowest BCUT2D eigenvalue weighted by Crippen LogP contribution is -2.29. The van der Waals surface area contributed by atoms with E-state index in [4.69, 9.17) is 16.3 Å². The van der Waals surface area contributed by atoms with Crippen LogP contribution >= 0.6 is 11.6 Å². The van der Waals surface area contributed by atoms with Gasteiger partial charge in [-0.05, 0) is 97.9 Å². The molecule has 1 aromatic heterocycles. The van der Waals surface area contributed by atoms with Gasteiger partial charge in [0.25, 0.3) is 0 Å². The summed E-state index contributed by atoms with van der Waals surface area (Å²) in [5.74, 6) is 2.64. The summed E-state index contributed by atoms with van der Waals surface area (Å²) in [6.45, 7) is 0. The van der Waals surface area contributed by atoms with Crippen molar-refractivity contribution in [3.8, 4) is 5.75 Å². The predicted molar refractivity (Wildman–Crippen MR) is 122 cm³/mol. The van der Waals surface area contributed by atoms with Crippen molar-refractivity contribution in [2.24, 2.45) is 29.6 Å².